The van der Waals surface area contributed by atoms with E-state index in [4.69, 9.17) is 10.1 Å². The van der Waals surface area contributed by atoms with Gasteiger partial charge in [0.15, 0.2) is 0 Å². The third-order valence-corrected chi connectivity index (χ3v) is 5.28. The van der Waals surface area contributed by atoms with Gasteiger partial charge >= 0.3 is 0 Å². The molecule has 1 aliphatic heterocycles. The summed E-state index contributed by atoms with van der Waals surface area (Å²) in [4.78, 5) is 3.95. The lowest BCUT2D eigenvalue weighted by Crippen LogP contribution is -2.32. The summed E-state index contributed by atoms with van der Waals surface area (Å²) in [6, 6.07) is 3.64. The van der Waals surface area contributed by atoms with Crippen LogP contribution < -0.4 is 0 Å². The Morgan fingerprint density at radius 3 is 2.89 bits per heavy atom. The molecular formula is C20H26F2N4O. The van der Waals surface area contributed by atoms with Gasteiger partial charge in [-0.25, -0.2) is 18.4 Å². The Kier molecular flexibility index (Phi) is 5.99. The van der Waals surface area contributed by atoms with Gasteiger partial charge in [-0.15, -0.1) is 0 Å². The third kappa shape index (κ3) is 4.58. The van der Waals surface area contributed by atoms with Crippen molar-refractivity contribution in [2.24, 2.45) is 11.8 Å². The van der Waals surface area contributed by atoms with Crippen molar-refractivity contribution in [3.63, 3.8) is 0 Å². The molecule has 0 bridgehead atoms. The molecule has 3 rings (SSSR count). The van der Waals surface area contributed by atoms with Crippen LogP contribution in [0.25, 0.3) is 0 Å². The topological polar surface area (TPSA) is 63.8 Å². The molecule has 0 unspecified atom stereocenters. The first kappa shape index (κ1) is 19.6. The maximum Gasteiger partial charge on any atom is 0.137 e. The average molecular weight is 376 g/mol. The standard InChI is InChI=1S/C20H26F2N4O/c1-14(2)19(23)5-3-4-15-9-20(27-10-15,11-26-13-24-12-25-26)17-7-6-16(21)8-18(17)22/h6-8,12-15,23H,3-5,9-11H2,1-2H3/t15-,20+/m1/s1. The molecule has 0 spiro atoms. The van der Waals surface area contributed by atoms with Crippen LogP contribution in [0.1, 0.15) is 45.1 Å². The van der Waals surface area contributed by atoms with Crippen molar-refractivity contribution in [2.75, 3.05) is 6.61 Å². The molecule has 0 aliphatic carbocycles. The van der Waals surface area contributed by atoms with Gasteiger partial charge in [-0.2, -0.15) is 5.10 Å². The fourth-order valence-corrected chi connectivity index (χ4v) is 3.73. The minimum atomic E-state index is -0.887. The number of benzene rings is 1. The molecule has 2 atom stereocenters. The van der Waals surface area contributed by atoms with Crippen molar-refractivity contribution in [3.8, 4) is 0 Å². The van der Waals surface area contributed by atoms with Gasteiger partial charge in [-0.05, 0) is 43.6 Å². The van der Waals surface area contributed by atoms with Gasteiger partial charge in [0.05, 0.1) is 13.2 Å². The van der Waals surface area contributed by atoms with E-state index in [1.54, 1.807) is 11.0 Å². The second-order valence-electron chi connectivity index (χ2n) is 7.66. The Labute approximate surface area is 158 Å². The summed E-state index contributed by atoms with van der Waals surface area (Å²) in [5.74, 6) is -0.672. The second-order valence-corrected chi connectivity index (χ2v) is 7.66. The van der Waals surface area contributed by atoms with Gasteiger partial charge < -0.3 is 10.1 Å². The van der Waals surface area contributed by atoms with Crippen LogP contribution in [0.4, 0.5) is 8.78 Å². The molecule has 2 aromatic rings. The Bertz CT molecular complexity index is 778. The molecule has 1 aromatic carbocycles. The maximum absolute atomic E-state index is 14.6. The van der Waals surface area contributed by atoms with Gasteiger partial charge in [0.1, 0.15) is 29.9 Å². The van der Waals surface area contributed by atoms with Crippen LogP contribution >= 0.6 is 0 Å². The molecule has 0 saturated carbocycles. The molecule has 2 heterocycles. The highest BCUT2D eigenvalue weighted by atomic mass is 19.1. The highest BCUT2D eigenvalue weighted by Crippen LogP contribution is 2.43. The molecule has 0 amide bonds. The number of aromatic nitrogens is 3. The Morgan fingerprint density at radius 1 is 1.41 bits per heavy atom. The fraction of sp³-hybridized carbons (Fsp3) is 0.550. The van der Waals surface area contributed by atoms with E-state index in [-0.39, 0.29) is 11.8 Å². The predicted molar refractivity (Wildman–Crippen MR) is 98.5 cm³/mol. The van der Waals surface area contributed by atoms with E-state index < -0.39 is 17.2 Å². The van der Waals surface area contributed by atoms with Crippen molar-refractivity contribution in [1.82, 2.24) is 14.8 Å². The first-order chi connectivity index (χ1) is 12.9. The van der Waals surface area contributed by atoms with Crippen LogP contribution in [0.15, 0.2) is 30.9 Å². The summed E-state index contributed by atoms with van der Waals surface area (Å²) < 4.78 is 35.7. The molecule has 27 heavy (non-hydrogen) atoms. The Balaban J connectivity index is 1.75. The molecule has 1 saturated heterocycles. The molecule has 146 valence electrons. The van der Waals surface area contributed by atoms with E-state index in [9.17, 15) is 8.78 Å². The second kappa shape index (κ2) is 8.25. The van der Waals surface area contributed by atoms with Crippen LogP contribution in [0.5, 0.6) is 0 Å². The zero-order valence-electron chi connectivity index (χ0n) is 15.8. The van der Waals surface area contributed by atoms with Gasteiger partial charge in [-0.3, -0.25) is 0 Å². The van der Waals surface area contributed by atoms with E-state index >= 15 is 0 Å². The highest BCUT2D eigenvalue weighted by Gasteiger charge is 2.44. The zero-order valence-corrected chi connectivity index (χ0v) is 15.8. The summed E-state index contributed by atoms with van der Waals surface area (Å²) >= 11 is 0. The molecular weight excluding hydrogens is 350 g/mol. The van der Waals surface area contributed by atoms with E-state index in [0.717, 1.165) is 31.0 Å². The summed E-state index contributed by atoms with van der Waals surface area (Å²) in [6.07, 6.45) is 6.23. The number of nitrogens with zero attached hydrogens (tertiary/aromatic N) is 3. The Morgan fingerprint density at radius 2 is 2.22 bits per heavy atom. The molecule has 1 fully saturated rings. The monoisotopic (exact) mass is 376 g/mol. The summed E-state index contributed by atoms with van der Waals surface area (Å²) in [5.41, 5.74) is 0.228. The number of halogens is 2. The smallest absolute Gasteiger partial charge is 0.137 e. The van der Waals surface area contributed by atoms with E-state index in [0.29, 0.717) is 25.1 Å². The largest absolute Gasteiger partial charge is 0.368 e. The molecule has 1 N–H and O–H groups in total. The molecule has 0 radical (unpaired) electrons. The van der Waals surface area contributed by atoms with Gasteiger partial charge in [-0.1, -0.05) is 19.9 Å². The minimum Gasteiger partial charge on any atom is -0.368 e. The van der Waals surface area contributed by atoms with Crippen molar-refractivity contribution < 1.29 is 13.5 Å². The number of rotatable bonds is 8. The van der Waals surface area contributed by atoms with Crippen LogP contribution in [0.2, 0.25) is 0 Å². The van der Waals surface area contributed by atoms with Crippen molar-refractivity contribution in [3.05, 3.63) is 48.1 Å². The van der Waals surface area contributed by atoms with Crippen molar-refractivity contribution in [1.29, 1.82) is 5.41 Å². The first-order valence-corrected chi connectivity index (χ1v) is 9.39. The van der Waals surface area contributed by atoms with E-state index in [1.807, 2.05) is 13.8 Å². The van der Waals surface area contributed by atoms with Crippen LogP contribution in [0.3, 0.4) is 0 Å². The Hall–Kier alpha value is -2.15. The van der Waals surface area contributed by atoms with Crippen LogP contribution in [-0.2, 0) is 16.9 Å². The zero-order chi connectivity index (χ0) is 19.4. The quantitative estimate of drug-likeness (QED) is 0.697. The third-order valence-electron chi connectivity index (χ3n) is 5.28. The minimum absolute atomic E-state index is 0.262. The SMILES string of the molecule is CC(C)C(=N)CCC[C@H]1CO[C@@](Cn2cncn2)(c2ccc(F)cc2F)C1. The van der Waals surface area contributed by atoms with E-state index in [2.05, 4.69) is 10.1 Å². The van der Waals surface area contributed by atoms with Gasteiger partial charge in [0, 0.05) is 17.3 Å². The van der Waals surface area contributed by atoms with Gasteiger partial charge in [0.2, 0.25) is 0 Å². The first-order valence-electron chi connectivity index (χ1n) is 9.39. The average Bonchev–Trinajstić information content (AvgIpc) is 3.25. The summed E-state index contributed by atoms with van der Waals surface area (Å²) in [5, 5.41) is 12.1. The normalized spacial score (nSPS) is 22.5. The molecule has 7 heteroatoms. The van der Waals surface area contributed by atoms with Crippen molar-refractivity contribution in [2.45, 2.75) is 51.7 Å². The maximum atomic E-state index is 14.6. The van der Waals surface area contributed by atoms with Gasteiger partial charge in [0.25, 0.3) is 0 Å². The highest BCUT2D eigenvalue weighted by molar-refractivity contribution is 5.83. The number of ether oxygens (including phenoxy) is 1. The lowest BCUT2D eigenvalue weighted by molar-refractivity contribution is -0.0204. The number of hydrogen-bond acceptors (Lipinski definition) is 4. The number of hydrogen-bond donors (Lipinski definition) is 1. The van der Waals surface area contributed by atoms with Crippen molar-refractivity contribution >= 4 is 5.71 Å². The number of nitrogens with one attached hydrogen (secondary N) is 1. The van der Waals surface area contributed by atoms with E-state index in [1.165, 1.54) is 18.5 Å². The molecule has 1 aliphatic rings. The summed E-state index contributed by atoms with van der Waals surface area (Å²) in [6.45, 7) is 4.90. The molecule has 5 nitrogen and oxygen atoms in total. The lowest BCUT2D eigenvalue weighted by Gasteiger charge is -2.29. The lowest BCUT2D eigenvalue weighted by atomic mass is 9.84. The summed E-state index contributed by atoms with van der Waals surface area (Å²) in [7, 11) is 0. The predicted octanol–water partition coefficient (Wildman–Crippen LogP) is 4.33. The molecule has 1 aromatic heterocycles. The fourth-order valence-electron chi connectivity index (χ4n) is 3.73. The van der Waals surface area contributed by atoms with Crippen LogP contribution in [-0.4, -0.2) is 27.1 Å². The van der Waals surface area contributed by atoms with Crippen LogP contribution in [0, 0.1) is 28.9 Å².